The van der Waals surface area contributed by atoms with Crippen LogP contribution in [-0.4, -0.2) is 11.8 Å². The van der Waals surface area contributed by atoms with Gasteiger partial charge < -0.3 is 9.47 Å². The predicted molar refractivity (Wildman–Crippen MR) is 65.0 cm³/mol. The van der Waals surface area contributed by atoms with Crippen LogP contribution in [0.5, 0.6) is 0 Å². The minimum absolute atomic E-state index is 0.256. The molecule has 17 heavy (non-hydrogen) atoms. The van der Waals surface area contributed by atoms with Crippen LogP contribution in [0.3, 0.4) is 0 Å². The van der Waals surface area contributed by atoms with Gasteiger partial charge in [-0.15, -0.1) is 0 Å². The fourth-order valence-electron chi connectivity index (χ4n) is 3.19. The quantitative estimate of drug-likeness (QED) is 0.658. The molecule has 0 bridgehead atoms. The van der Waals surface area contributed by atoms with E-state index in [1.165, 1.54) is 12.5 Å². The van der Waals surface area contributed by atoms with Crippen LogP contribution in [0.15, 0.2) is 11.8 Å². The highest BCUT2D eigenvalue weighted by atomic mass is 16.7. The van der Waals surface area contributed by atoms with E-state index in [1.807, 2.05) is 6.92 Å². The molecule has 1 heterocycles. The van der Waals surface area contributed by atoms with Crippen LogP contribution in [0, 0.1) is 17.8 Å². The van der Waals surface area contributed by atoms with Crippen molar-refractivity contribution in [1.29, 1.82) is 0 Å². The summed E-state index contributed by atoms with van der Waals surface area (Å²) in [5.41, 5.74) is 0. The maximum atomic E-state index is 11.6. The van der Waals surface area contributed by atoms with Gasteiger partial charge in [-0.2, -0.15) is 0 Å². The van der Waals surface area contributed by atoms with Gasteiger partial charge in [0.1, 0.15) is 5.76 Å². The molecule has 0 saturated heterocycles. The second-order valence-electron chi connectivity index (χ2n) is 5.83. The molecule has 1 saturated carbocycles. The Labute approximate surface area is 103 Å². The van der Waals surface area contributed by atoms with E-state index in [1.54, 1.807) is 0 Å². The Morgan fingerprint density at radius 3 is 2.65 bits per heavy atom. The second-order valence-corrected chi connectivity index (χ2v) is 5.83. The molecule has 0 aromatic rings. The van der Waals surface area contributed by atoms with E-state index in [2.05, 4.69) is 20.8 Å². The van der Waals surface area contributed by atoms with Crippen LogP contribution in [0.1, 0.15) is 47.0 Å². The molecule has 0 aromatic carbocycles. The van der Waals surface area contributed by atoms with E-state index in [4.69, 9.17) is 9.47 Å². The van der Waals surface area contributed by atoms with E-state index < -0.39 is 5.79 Å². The summed E-state index contributed by atoms with van der Waals surface area (Å²) >= 11 is 0. The van der Waals surface area contributed by atoms with Gasteiger partial charge in [0.2, 0.25) is 0 Å². The van der Waals surface area contributed by atoms with Crippen LogP contribution in [0.4, 0.5) is 0 Å². The van der Waals surface area contributed by atoms with Crippen molar-refractivity contribution in [3.63, 3.8) is 0 Å². The lowest BCUT2D eigenvalue weighted by Gasteiger charge is -2.47. The molecular formula is C14H22O3. The summed E-state index contributed by atoms with van der Waals surface area (Å²) in [5, 5.41) is 0. The van der Waals surface area contributed by atoms with E-state index in [-0.39, 0.29) is 5.97 Å². The molecule has 1 aliphatic heterocycles. The molecule has 3 atom stereocenters. The van der Waals surface area contributed by atoms with Gasteiger partial charge in [0.25, 0.3) is 5.79 Å². The van der Waals surface area contributed by atoms with Gasteiger partial charge in [0, 0.05) is 12.3 Å². The molecular weight excluding hydrogens is 216 g/mol. The molecule has 1 fully saturated rings. The minimum Gasteiger partial charge on any atom is -0.456 e. The Hall–Kier alpha value is -0.990. The minimum atomic E-state index is -0.707. The van der Waals surface area contributed by atoms with Crippen molar-refractivity contribution in [2.24, 2.45) is 17.8 Å². The monoisotopic (exact) mass is 238 g/mol. The molecule has 0 radical (unpaired) electrons. The van der Waals surface area contributed by atoms with Gasteiger partial charge in [-0.3, -0.25) is 0 Å². The van der Waals surface area contributed by atoms with Gasteiger partial charge in [-0.25, -0.2) is 4.79 Å². The summed E-state index contributed by atoms with van der Waals surface area (Å²) in [4.78, 5) is 11.6. The van der Waals surface area contributed by atoms with Gasteiger partial charge in [0.05, 0.1) is 6.08 Å². The maximum absolute atomic E-state index is 11.6. The van der Waals surface area contributed by atoms with Crippen molar-refractivity contribution in [3.05, 3.63) is 11.8 Å². The highest BCUT2D eigenvalue weighted by Crippen LogP contribution is 2.46. The van der Waals surface area contributed by atoms with E-state index in [9.17, 15) is 4.79 Å². The number of allylic oxidation sites excluding steroid dienone is 1. The molecule has 0 aromatic heterocycles. The van der Waals surface area contributed by atoms with Gasteiger partial charge in [-0.05, 0) is 31.6 Å². The zero-order valence-corrected chi connectivity index (χ0v) is 11.2. The first-order valence-electron chi connectivity index (χ1n) is 6.53. The summed E-state index contributed by atoms with van der Waals surface area (Å²) in [5.74, 6) is 1.02. The zero-order chi connectivity index (χ0) is 12.6. The first kappa shape index (κ1) is 12.5. The molecule has 0 N–H and O–H groups in total. The number of hydrogen-bond acceptors (Lipinski definition) is 3. The molecule has 3 nitrogen and oxygen atoms in total. The van der Waals surface area contributed by atoms with Crippen LogP contribution in [-0.2, 0) is 14.3 Å². The summed E-state index contributed by atoms with van der Waals surface area (Å²) in [6.45, 7) is 8.38. The lowest BCUT2D eigenvalue weighted by molar-refractivity contribution is -0.267. The number of rotatable bonds is 1. The average Bonchev–Trinajstić information content (AvgIpc) is 2.13. The van der Waals surface area contributed by atoms with Crippen LogP contribution in [0.2, 0.25) is 0 Å². The van der Waals surface area contributed by atoms with E-state index >= 15 is 0 Å². The van der Waals surface area contributed by atoms with Gasteiger partial charge in [-0.1, -0.05) is 20.8 Å². The Bertz CT molecular complexity index is 345. The van der Waals surface area contributed by atoms with Crippen LogP contribution >= 0.6 is 0 Å². The molecule has 2 rings (SSSR count). The SMILES string of the molecule is CC1=CC(=O)O[C@]2(CC(C)CCC2C(C)C)O1. The summed E-state index contributed by atoms with van der Waals surface area (Å²) in [7, 11) is 0. The van der Waals surface area contributed by atoms with Crippen LogP contribution in [0.25, 0.3) is 0 Å². The molecule has 1 aliphatic carbocycles. The van der Waals surface area contributed by atoms with Crippen molar-refractivity contribution < 1.29 is 14.3 Å². The molecule has 3 heteroatoms. The summed E-state index contributed by atoms with van der Waals surface area (Å²) in [6.07, 6.45) is 4.50. The van der Waals surface area contributed by atoms with Crippen molar-refractivity contribution >= 4 is 5.97 Å². The Morgan fingerprint density at radius 1 is 1.35 bits per heavy atom. The first-order valence-corrected chi connectivity index (χ1v) is 6.53. The number of ether oxygens (including phenoxy) is 2. The maximum Gasteiger partial charge on any atom is 0.337 e. The van der Waals surface area contributed by atoms with Crippen molar-refractivity contribution in [3.8, 4) is 0 Å². The first-order chi connectivity index (χ1) is 7.93. The largest absolute Gasteiger partial charge is 0.456 e. The molecule has 2 aliphatic rings. The Balaban J connectivity index is 2.30. The molecule has 1 spiro atoms. The standard InChI is InChI=1S/C14H22O3/c1-9(2)12-6-5-10(3)8-14(12)16-11(4)7-13(15)17-14/h7,9-10,12H,5-6,8H2,1-4H3/t10?,12?,14-/m0/s1. The van der Waals surface area contributed by atoms with Crippen molar-refractivity contribution in [2.75, 3.05) is 0 Å². The van der Waals surface area contributed by atoms with Crippen LogP contribution < -0.4 is 0 Å². The third-order valence-electron chi connectivity index (χ3n) is 3.90. The van der Waals surface area contributed by atoms with E-state index in [0.717, 1.165) is 12.8 Å². The molecule has 0 amide bonds. The molecule has 2 unspecified atom stereocenters. The lowest BCUT2D eigenvalue weighted by Crippen LogP contribution is -2.52. The number of hydrogen-bond donors (Lipinski definition) is 0. The van der Waals surface area contributed by atoms with Crippen molar-refractivity contribution in [1.82, 2.24) is 0 Å². The van der Waals surface area contributed by atoms with E-state index in [0.29, 0.717) is 23.5 Å². The average molecular weight is 238 g/mol. The number of esters is 1. The third kappa shape index (κ3) is 2.33. The van der Waals surface area contributed by atoms with Crippen molar-refractivity contribution in [2.45, 2.75) is 52.7 Å². The number of carbonyl (C=O) groups is 1. The second kappa shape index (κ2) is 4.35. The fraction of sp³-hybridized carbons (Fsp3) is 0.786. The summed E-state index contributed by atoms with van der Waals surface area (Å²) in [6, 6.07) is 0. The third-order valence-corrected chi connectivity index (χ3v) is 3.90. The topological polar surface area (TPSA) is 35.5 Å². The predicted octanol–water partition coefficient (Wildman–Crippen LogP) is 3.25. The fourth-order valence-corrected chi connectivity index (χ4v) is 3.19. The summed E-state index contributed by atoms with van der Waals surface area (Å²) < 4.78 is 11.5. The lowest BCUT2D eigenvalue weighted by atomic mass is 9.72. The highest BCUT2D eigenvalue weighted by Gasteiger charge is 2.51. The zero-order valence-electron chi connectivity index (χ0n) is 11.2. The van der Waals surface area contributed by atoms with Gasteiger partial charge in [0.15, 0.2) is 0 Å². The highest BCUT2D eigenvalue weighted by molar-refractivity contribution is 5.83. The number of carbonyl (C=O) groups excluding carboxylic acids is 1. The Morgan fingerprint density at radius 2 is 2.06 bits per heavy atom. The molecule has 96 valence electrons. The van der Waals surface area contributed by atoms with Gasteiger partial charge >= 0.3 is 5.97 Å². The Kier molecular flexibility index (Phi) is 3.19. The smallest absolute Gasteiger partial charge is 0.337 e. The normalized spacial score (nSPS) is 37.7.